The van der Waals surface area contributed by atoms with E-state index in [9.17, 15) is 0 Å². The Bertz CT molecular complexity index is 3590. The van der Waals surface area contributed by atoms with Gasteiger partial charge in [0, 0.05) is 38.4 Å². The number of hydrogen-bond acceptors (Lipinski definition) is 3. The van der Waals surface area contributed by atoms with Crippen LogP contribution in [-0.4, -0.2) is 15.0 Å². The molecule has 298 valence electrons. The van der Waals surface area contributed by atoms with Gasteiger partial charge in [-0.2, -0.15) is 0 Å². The first-order chi connectivity index (χ1) is 31.7. The molecule has 10 aromatic carbocycles. The lowest BCUT2D eigenvalue weighted by Gasteiger charge is -2.16. The van der Waals surface area contributed by atoms with Gasteiger partial charge in [0.05, 0.1) is 22.6 Å². The van der Waals surface area contributed by atoms with Gasteiger partial charge in [-0.3, -0.25) is 0 Å². The van der Waals surface area contributed by atoms with E-state index in [1.165, 1.54) is 49.0 Å². The quantitative estimate of drug-likeness (QED) is 0.150. The smallest absolute Gasteiger partial charge is 0.160 e. The van der Waals surface area contributed by atoms with E-state index in [1.807, 2.05) is 12.1 Å². The minimum absolute atomic E-state index is 0.681. The number of rotatable bonds is 7. The SMILES string of the molecule is c1ccc(-c2ccc(-c3cc(-c4cccc(-c5cccc(-c6nc7ccccc7c7c8ccccc8c8ccccc8c67)c5)c4)nc(-c4ccc(-c5ccccc5)cc4)n3)cc2)cc1. The molecule has 0 unspecified atom stereocenters. The van der Waals surface area contributed by atoms with E-state index in [0.717, 1.165) is 66.9 Å². The lowest BCUT2D eigenvalue weighted by molar-refractivity contribution is 1.18. The van der Waals surface area contributed by atoms with Crippen LogP contribution in [0.25, 0.3) is 122 Å². The fourth-order valence-electron chi connectivity index (χ4n) is 9.32. The molecule has 0 aliphatic rings. The van der Waals surface area contributed by atoms with Gasteiger partial charge in [-0.25, -0.2) is 15.0 Å². The van der Waals surface area contributed by atoms with Gasteiger partial charge >= 0.3 is 0 Å². The number of nitrogens with zero attached hydrogens (tertiary/aromatic N) is 3. The molecule has 0 atom stereocenters. The van der Waals surface area contributed by atoms with Crippen molar-refractivity contribution in [3.8, 4) is 78.5 Å². The van der Waals surface area contributed by atoms with Gasteiger partial charge in [0.15, 0.2) is 5.82 Å². The van der Waals surface area contributed by atoms with Crippen molar-refractivity contribution in [2.45, 2.75) is 0 Å². The lowest BCUT2D eigenvalue weighted by atomic mass is 9.89. The number of pyridine rings is 1. The highest BCUT2D eigenvalue weighted by atomic mass is 14.9. The summed E-state index contributed by atoms with van der Waals surface area (Å²) in [6, 6.07) is 83.9. The van der Waals surface area contributed by atoms with Crippen molar-refractivity contribution in [2.75, 3.05) is 0 Å². The van der Waals surface area contributed by atoms with Crippen molar-refractivity contribution in [3.05, 3.63) is 237 Å². The van der Waals surface area contributed by atoms with Crippen LogP contribution >= 0.6 is 0 Å². The summed E-state index contributed by atoms with van der Waals surface area (Å²) >= 11 is 0. The summed E-state index contributed by atoms with van der Waals surface area (Å²) in [5.74, 6) is 0.681. The minimum Gasteiger partial charge on any atom is -0.247 e. The molecular formula is C61H39N3. The van der Waals surface area contributed by atoms with Crippen molar-refractivity contribution in [2.24, 2.45) is 0 Å². The van der Waals surface area contributed by atoms with Gasteiger partial charge in [0.1, 0.15) is 0 Å². The van der Waals surface area contributed by atoms with Crippen LogP contribution in [-0.2, 0) is 0 Å². The predicted molar refractivity (Wildman–Crippen MR) is 268 cm³/mol. The molecule has 0 spiro atoms. The maximum absolute atomic E-state index is 5.44. The number of para-hydroxylation sites is 1. The van der Waals surface area contributed by atoms with E-state index in [2.05, 4.69) is 224 Å². The van der Waals surface area contributed by atoms with E-state index >= 15 is 0 Å². The van der Waals surface area contributed by atoms with Crippen LogP contribution in [0.2, 0.25) is 0 Å². The predicted octanol–water partition coefficient (Wildman–Crippen LogP) is 16.2. The van der Waals surface area contributed by atoms with Gasteiger partial charge in [0.2, 0.25) is 0 Å². The molecule has 0 aliphatic heterocycles. The minimum atomic E-state index is 0.681. The molecule has 0 radical (unpaired) electrons. The van der Waals surface area contributed by atoms with Gasteiger partial charge in [-0.15, -0.1) is 0 Å². The standard InChI is InChI=1S/C61H39N3/c1-3-15-40(16-4-1)42-29-33-44(34-30-42)56-39-57(64-61(63-56)45-35-31-43(32-36-45)41-17-5-2-6-18-41)48-21-13-19-46(37-48)47-20-14-22-49(38-47)60-59-53-26-10-8-24-51(53)50-23-7-9-25-52(50)58(59)54-27-11-12-28-55(54)62-60/h1-39H. The Labute approximate surface area is 371 Å². The zero-order valence-electron chi connectivity index (χ0n) is 34.9. The summed E-state index contributed by atoms with van der Waals surface area (Å²) in [5, 5.41) is 8.50. The van der Waals surface area contributed by atoms with Gasteiger partial charge in [-0.05, 0) is 79.2 Å². The van der Waals surface area contributed by atoms with Crippen LogP contribution in [0.4, 0.5) is 0 Å². The van der Waals surface area contributed by atoms with Crippen LogP contribution in [0, 0.1) is 0 Å². The van der Waals surface area contributed by atoms with Crippen LogP contribution in [0.3, 0.4) is 0 Å². The first kappa shape index (κ1) is 37.2. The number of hydrogen-bond donors (Lipinski definition) is 0. The molecule has 3 heteroatoms. The monoisotopic (exact) mass is 813 g/mol. The third kappa shape index (κ3) is 6.68. The van der Waals surface area contributed by atoms with E-state index in [-0.39, 0.29) is 0 Å². The Morgan fingerprint density at radius 2 is 0.625 bits per heavy atom. The molecule has 3 nitrogen and oxygen atoms in total. The lowest BCUT2D eigenvalue weighted by Crippen LogP contribution is -1.96. The van der Waals surface area contributed by atoms with Crippen LogP contribution in [0.15, 0.2) is 237 Å². The summed E-state index contributed by atoms with van der Waals surface area (Å²) in [7, 11) is 0. The number of aromatic nitrogens is 3. The third-order valence-corrected chi connectivity index (χ3v) is 12.5. The van der Waals surface area contributed by atoms with Crippen molar-refractivity contribution in [1.29, 1.82) is 0 Å². The Kier molecular flexibility index (Phi) is 9.16. The van der Waals surface area contributed by atoms with Gasteiger partial charge in [0.25, 0.3) is 0 Å². The van der Waals surface area contributed by atoms with Crippen molar-refractivity contribution in [1.82, 2.24) is 15.0 Å². The van der Waals surface area contributed by atoms with E-state index in [1.54, 1.807) is 0 Å². The molecule has 0 bridgehead atoms. The zero-order valence-corrected chi connectivity index (χ0v) is 34.9. The van der Waals surface area contributed by atoms with Crippen molar-refractivity contribution < 1.29 is 0 Å². The molecule has 0 saturated carbocycles. The van der Waals surface area contributed by atoms with Crippen LogP contribution in [0.1, 0.15) is 0 Å². The van der Waals surface area contributed by atoms with Gasteiger partial charge < -0.3 is 0 Å². The first-order valence-electron chi connectivity index (χ1n) is 21.8. The molecule has 0 amide bonds. The van der Waals surface area contributed by atoms with Crippen molar-refractivity contribution >= 4 is 43.2 Å². The second kappa shape index (κ2) is 15.7. The number of fused-ring (bicyclic) bond motifs is 8. The Morgan fingerprint density at radius 1 is 0.219 bits per heavy atom. The van der Waals surface area contributed by atoms with E-state index in [0.29, 0.717) is 5.82 Å². The zero-order chi connectivity index (χ0) is 42.4. The number of benzene rings is 10. The maximum Gasteiger partial charge on any atom is 0.160 e. The fraction of sp³-hybridized carbons (Fsp3) is 0. The summed E-state index contributed by atoms with van der Waals surface area (Å²) in [6.07, 6.45) is 0. The van der Waals surface area contributed by atoms with Crippen molar-refractivity contribution in [3.63, 3.8) is 0 Å². The summed E-state index contributed by atoms with van der Waals surface area (Å²) in [6.45, 7) is 0. The van der Waals surface area contributed by atoms with Crippen LogP contribution in [0.5, 0.6) is 0 Å². The average Bonchev–Trinajstić information content (AvgIpc) is 3.39. The summed E-state index contributed by atoms with van der Waals surface area (Å²) in [4.78, 5) is 15.9. The molecular weight excluding hydrogens is 775 g/mol. The molecule has 0 fully saturated rings. The molecule has 0 aliphatic carbocycles. The molecule has 2 aromatic heterocycles. The Morgan fingerprint density at radius 3 is 1.23 bits per heavy atom. The molecule has 0 N–H and O–H groups in total. The summed E-state index contributed by atoms with van der Waals surface area (Å²) < 4.78 is 0. The van der Waals surface area contributed by atoms with E-state index < -0.39 is 0 Å². The fourth-order valence-corrected chi connectivity index (χ4v) is 9.32. The Hall–Kier alpha value is -8.53. The molecule has 64 heavy (non-hydrogen) atoms. The normalized spacial score (nSPS) is 11.4. The topological polar surface area (TPSA) is 38.7 Å². The van der Waals surface area contributed by atoms with E-state index in [4.69, 9.17) is 15.0 Å². The molecule has 2 heterocycles. The average molecular weight is 814 g/mol. The highest BCUT2D eigenvalue weighted by molar-refractivity contribution is 6.33. The third-order valence-electron chi connectivity index (χ3n) is 12.5. The van der Waals surface area contributed by atoms with Crippen LogP contribution < -0.4 is 0 Å². The first-order valence-corrected chi connectivity index (χ1v) is 21.8. The Balaban J connectivity index is 0.983. The highest BCUT2D eigenvalue weighted by Crippen LogP contribution is 2.43. The second-order valence-corrected chi connectivity index (χ2v) is 16.3. The highest BCUT2D eigenvalue weighted by Gasteiger charge is 2.18. The van der Waals surface area contributed by atoms with Gasteiger partial charge in [-0.1, -0.05) is 212 Å². The molecule has 12 rings (SSSR count). The maximum atomic E-state index is 5.44. The molecule has 12 aromatic rings. The largest absolute Gasteiger partial charge is 0.247 e. The summed E-state index contributed by atoms with van der Waals surface area (Å²) in [5.41, 5.74) is 14.7. The second-order valence-electron chi connectivity index (χ2n) is 16.3. The molecule has 0 saturated heterocycles.